The molecule has 1 aromatic heterocycles. The molecular formula is C22H22F3N3O6S. The SMILES string of the molecule is CC(OC(=O)N1CCc2[nH]c(=O)c(C(=O)NC/C=C/S(=O)(=O)c3ccccc3)cc2C1)C(F)(F)F. The van der Waals surface area contributed by atoms with Gasteiger partial charge in [0.2, 0.25) is 0 Å². The summed E-state index contributed by atoms with van der Waals surface area (Å²) in [4.78, 5) is 40.6. The molecular weight excluding hydrogens is 491 g/mol. The number of halogens is 3. The molecule has 35 heavy (non-hydrogen) atoms. The standard InChI is InChI=1S/C22H22F3N3O6S/c1-14(22(23,24)25)34-21(31)28-10-8-18-15(13-28)12-17(20(30)27-18)19(29)26-9-5-11-35(32,33)16-6-3-2-4-7-16/h2-7,11-12,14H,8-10,13H2,1H3,(H,26,29)(H,27,30)/b11-5+. The first-order valence-electron chi connectivity index (χ1n) is 10.4. The lowest BCUT2D eigenvalue weighted by atomic mass is 10.0. The Bertz CT molecular complexity index is 1290. The Hall–Kier alpha value is -3.61. The van der Waals surface area contributed by atoms with Crippen molar-refractivity contribution < 1.29 is 35.9 Å². The van der Waals surface area contributed by atoms with E-state index in [2.05, 4.69) is 15.0 Å². The predicted octanol–water partition coefficient (Wildman–Crippen LogP) is 2.54. The van der Waals surface area contributed by atoms with Crippen LogP contribution in [0.1, 0.15) is 28.5 Å². The first-order chi connectivity index (χ1) is 16.4. The minimum Gasteiger partial charge on any atom is -0.437 e. The Morgan fingerprint density at radius 1 is 1.26 bits per heavy atom. The normalized spacial score (nSPS) is 14.9. The molecule has 0 fully saturated rings. The van der Waals surface area contributed by atoms with E-state index in [4.69, 9.17) is 0 Å². The number of amides is 2. The fraction of sp³-hybridized carbons (Fsp3) is 0.318. The number of hydrogen-bond donors (Lipinski definition) is 2. The molecule has 2 amide bonds. The maximum Gasteiger partial charge on any atom is 0.425 e. The molecule has 0 saturated carbocycles. The fourth-order valence-electron chi connectivity index (χ4n) is 3.23. The van der Waals surface area contributed by atoms with Gasteiger partial charge in [0, 0.05) is 30.6 Å². The topological polar surface area (TPSA) is 126 Å². The summed E-state index contributed by atoms with van der Waals surface area (Å²) in [6.45, 7) is 0.397. The molecule has 13 heteroatoms. The van der Waals surface area contributed by atoms with Gasteiger partial charge in [-0.05, 0) is 30.7 Å². The summed E-state index contributed by atoms with van der Waals surface area (Å²) < 4.78 is 66.9. The van der Waals surface area contributed by atoms with Crippen molar-refractivity contribution in [1.82, 2.24) is 15.2 Å². The maximum absolute atomic E-state index is 12.7. The van der Waals surface area contributed by atoms with E-state index in [1.807, 2.05) is 0 Å². The monoisotopic (exact) mass is 513 g/mol. The van der Waals surface area contributed by atoms with Gasteiger partial charge in [-0.3, -0.25) is 9.59 Å². The minimum atomic E-state index is -4.70. The average molecular weight is 513 g/mol. The van der Waals surface area contributed by atoms with Gasteiger partial charge in [0.05, 0.1) is 11.4 Å². The second-order valence-corrected chi connectivity index (χ2v) is 9.53. The lowest BCUT2D eigenvalue weighted by Crippen LogP contribution is -2.42. The van der Waals surface area contributed by atoms with Crippen LogP contribution in [0.2, 0.25) is 0 Å². The van der Waals surface area contributed by atoms with Crippen molar-refractivity contribution in [2.24, 2.45) is 0 Å². The molecule has 0 aliphatic carbocycles. The highest BCUT2D eigenvalue weighted by Gasteiger charge is 2.40. The molecule has 0 bridgehead atoms. The molecule has 0 spiro atoms. The van der Waals surface area contributed by atoms with Gasteiger partial charge in [0.1, 0.15) is 5.56 Å². The number of carbonyl (C=O) groups is 2. The second kappa shape index (κ2) is 10.3. The van der Waals surface area contributed by atoms with Crippen molar-refractivity contribution in [2.75, 3.05) is 13.1 Å². The van der Waals surface area contributed by atoms with Gasteiger partial charge < -0.3 is 19.9 Å². The van der Waals surface area contributed by atoms with Gasteiger partial charge >= 0.3 is 12.3 Å². The van der Waals surface area contributed by atoms with Crippen LogP contribution in [-0.4, -0.2) is 55.7 Å². The van der Waals surface area contributed by atoms with Crippen LogP contribution in [0.15, 0.2) is 57.6 Å². The number of aromatic amines is 1. The molecule has 1 unspecified atom stereocenters. The van der Waals surface area contributed by atoms with Crippen molar-refractivity contribution in [3.63, 3.8) is 0 Å². The van der Waals surface area contributed by atoms with Crippen molar-refractivity contribution in [3.05, 3.63) is 75.1 Å². The van der Waals surface area contributed by atoms with Gasteiger partial charge in [-0.1, -0.05) is 24.3 Å². The molecule has 188 valence electrons. The smallest absolute Gasteiger partial charge is 0.425 e. The highest BCUT2D eigenvalue weighted by atomic mass is 32.2. The molecule has 2 heterocycles. The number of nitrogens with zero attached hydrogens (tertiary/aromatic N) is 1. The Labute approximate surface area is 198 Å². The van der Waals surface area contributed by atoms with Crippen LogP contribution in [-0.2, 0) is 27.5 Å². The number of H-pyrrole nitrogens is 1. The second-order valence-electron chi connectivity index (χ2n) is 7.69. The lowest BCUT2D eigenvalue weighted by molar-refractivity contribution is -0.199. The molecule has 2 N–H and O–H groups in total. The Morgan fingerprint density at radius 2 is 1.94 bits per heavy atom. The van der Waals surface area contributed by atoms with Crippen LogP contribution in [0.3, 0.4) is 0 Å². The average Bonchev–Trinajstić information content (AvgIpc) is 2.80. The molecule has 1 atom stereocenters. The number of alkyl halides is 3. The summed E-state index contributed by atoms with van der Waals surface area (Å²) in [5.74, 6) is -0.791. The van der Waals surface area contributed by atoms with E-state index in [9.17, 15) is 36.0 Å². The number of ether oxygens (including phenoxy) is 1. The zero-order chi connectivity index (χ0) is 25.8. The molecule has 0 saturated heterocycles. The van der Waals surface area contributed by atoms with Crippen molar-refractivity contribution in [1.29, 1.82) is 0 Å². The number of nitrogens with one attached hydrogen (secondary N) is 2. The van der Waals surface area contributed by atoms with Gasteiger partial charge in [0.15, 0.2) is 15.9 Å². The predicted molar refractivity (Wildman–Crippen MR) is 118 cm³/mol. The number of pyridine rings is 1. The van der Waals surface area contributed by atoms with E-state index in [0.29, 0.717) is 11.3 Å². The highest BCUT2D eigenvalue weighted by Crippen LogP contribution is 2.24. The van der Waals surface area contributed by atoms with Crippen LogP contribution in [0, 0.1) is 0 Å². The summed E-state index contributed by atoms with van der Waals surface area (Å²) in [6.07, 6.45) is -6.78. The maximum atomic E-state index is 12.7. The molecule has 3 rings (SSSR count). The fourth-order valence-corrected chi connectivity index (χ4v) is 4.28. The molecule has 1 aliphatic rings. The zero-order valence-electron chi connectivity index (χ0n) is 18.5. The summed E-state index contributed by atoms with van der Waals surface area (Å²) in [6, 6.07) is 8.91. The third-order valence-corrected chi connectivity index (χ3v) is 6.66. The number of carbonyl (C=O) groups excluding carboxylic acids is 2. The molecule has 9 nitrogen and oxygen atoms in total. The number of rotatable bonds is 6. The Kier molecular flexibility index (Phi) is 7.68. The number of aromatic nitrogens is 1. The summed E-state index contributed by atoms with van der Waals surface area (Å²) in [7, 11) is -3.69. The van der Waals surface area contributed by atoms with Crippen LogP contribution in [0.4, 0.5) is 18.0 Å². The highest BCUT2D eigenvalue weighted by molar-refractivity contribution is 7.94. The molecule has 1 aliphatic heterocycles. The number of hydrogen-bond acceptors (Lipinski definition) is 6. The lowest BCUT2D eigenvalue weighted by Gasteiger charge is -2.29. The first-order valence-corrected chi connectivity index (χ1v) is 12.0. The van der Waals surface area contributed by atoms with Gasteiger partial charge in [-0.15, -0.1) is 0 Å². The van der Waals surface area contributed by atoms with Crippen LogP contribution >= 0.6 is 0 Å². The number of sulfone groups is 1. The van der Waals surface area contributed by atoms with E-state index in [1.165, 1.54) is 24.3 Å². The largest absolute Gasteiger partial charge is 0.437 e. The first kappa shape index (κ1) is 26.0. The van der Waals surface area contributed by atoms with E-state index >= 15 is 0 Å². The number of benzene rings is 1. The Morgan fingerprint density at radius 3 is 2.60 bits per heavy atom. The molecule has 2 aromatic rings. The van der Waals surface area contributed by atoms with Crippen molar-refractivity contribution in [2.45, 2.75) is 37.1 Å². The van der Waals surface area contributed by atoms with E-state index in [-0.39, 0.29) is 36.5 Å². The minimum absolute atomic E-state index is 0.0264. The van der Waals surface area contributed by atoms with Crippen LogP contribution < -0.4 is 10.9 Å². The van der Waals surface area contributed by atoms with Crippen molar-refractivity contribution >= 4 is 21.8 Å². The Balaban J connectivity index is 1.65. The van der Waals surface area contributed by atoms with E-state index < -0.39 is 39.7 Å². The summed E-state index contributed by atoms with van der Waals surface area (Å²) >= 11 is 0. The third kappa shape index (κ3) is 6.50. The van der Waals surface area contributed by atoms with Gasteiger partial charge in [-0.2, -0.15) is 13.2 Å². The molecule has 1 aromatic carbocycles. The van der Waals surface area contributed by atoms with Gasteiger partial charge in [0.25, 0.3) is 11.5 Å². The zero-order valence-corrected chi connectivity index (χ0v) is 19.3. The van der Waals surface area contributed by atoms with Crippen LogP contribution in [0.25, 0.3) is 0 Å². The quantitative estimate of drug-likeness (QED) is 0.612. The summed E-state index contributed by atoms with van der Waals surface area (Å²) in [5.41, 5.74) is -0.154. The van der Waals surface area contributed by atoms with Crippen LogP contribution in [0.5, 0.6) is 0 Å². The number of fused-ring (bicyclic) bond motifs is 1. The van der Waals surface area contributed by atoms with Crippen molar-refractivity contribution in [3.8, 4) is 0 Å². The van der Waals surface area contributed by atoms with E-state index in [0.717, 1.165) is 17.2 Å². The van der Waals surface area contributed by atoms with E-state index in [1.54, 1.807) is 18.2 Å². The molecule has 0 radical (unpaired) electrons. The summed E-state index contributed by atoms with van der Waals surface area (Å²) in [5, 5.41) is 3.34. The third-order valence-electron chi connectivity index (χ3n) is 5.18. The van der Waals surface area contributed by atoms with Gasteiger partial charge in [-0.25, -0.2) is 13.2 Å².